The molecule has 0 heterocycles. The smallest absolute Gasteiger partial charge is 0.481 e. The van der Waals surface area contributed by atoms with E-state index >= 15 is 0 Å². The number of carbonyl (C=O) groups is 4. The first-order chi connectivity index (χ1) is 7.17. The molecule has 0 aromatic carbocycles. The Hall–Kier alpha value is -2.20. The van der Waals surface area contributed by atoms with Gasteiger partial charge in [0.25, 0.3) is 0 Å². The molecule has 98 valence electrons. The second-order valence-electron chi connectivity index (χ2n) is 2.82. The predicted octanol–water partition coefficient (Wildman–Crippen LogP) is -1.94. The molecule has 0 saturated heterocycles. The minimum absolute atomic E-state index is 0. The van der Waals surface area contributed by atoms with Crippen molar-refractivity contribution >= 4 is 24.1 Å². The molecule has 0 bridgehead atoms. The van der Waals surface area contributed by atoms with Crippen LogP contribution in [0.2, 0.25) is 0 Å². The van der Waals surface area contributed by atoms with Crippen molar-refractivity contribution in [2.75, 3.05) is 0 Å². The summed E-state index contributed by atoms with van der Waals surface area (Å²) in [5, 5.41) is 34.1. The molecule has 0 aliphatic carbocycles. The molecule has 0 fully saturated rings. The molecule has 0 saturated carbocycles. The maximum absolute atomic E-state index is 10.7. The lowest BCUT2D eigenvalue weighted by Crippen LogP contribution is -2.43. The van der Waals surface area contributed by atoms with Crippen molar-refractivity contribution < 1.29 is 49.8 Å². The molecule has 0 aromatic rings. The minimum atomic E-state index is -2.89. The van der Waals surface area contributed by atoms with E-state index in [1.807, 2.05) is 0 Å². The number of carbonyl (C=O) groups excluding carboxylic acids is 1. The van der Waals surface area contributed by atoms with Gasteiger partial charge in [0.05, 0.1) is 12.8 Å². The Kier molecular flexibility index (Phi) is 6.47. The third-order valence-electron chi connectivity index (χ3n) is 1.48. The Morgan fingerprint density at radius 1 is 1.00 bits per heavy atom. The first-order valence-corrected chi connectivity index (χ1v) is 3.78. The number of rotatable bonds is 5. The van der Waals surface area contributed by atoms with Gasteiger partial charge in [-0.15, -0.1) is 0 Å². The van der Waals surface area contributed by atoms with E-state index < -0.39 is 42.5 Å². The molecule has 0 spiro atoms. The maximum Gasteiger partial charge on any atom is 0.513 e. The second kappa shape index (κ2) is 6.40. The van der Waals surface area contributed by atoms with Gasteiger partial charge in [0.2, 0.25) is 0 Å². The molecule has 10 nitrogen and oxygen atoms in total. The fourth-order valence-corrected chi connectivity index (χ4v) is 0.836. The maximum atomic E-state index is 10.7. The van der Waals surface area contributed by atoms with E-state index in [2.05, 4.69) is 4.74 Å². The zero-order valence-corrected chi connectivity index (χ0v) is 8.24. The largest absolute Gasteiger partial charge is 0.513 e. The van der Waals surface area contributed by atoms with Gasteiger partial charge in [-0.1, -0.05) is 0 Å². The van der Waals surface area contributed by atoms with Gasteiger partial charge >= 0.3 is 24.1 Å². The quantitative estimate of drug-likeness (QED) is 0.319. The first-order valence-electron chi connectivity index (χ1n) is 3.78. The van der Waals surface area contributed by atoms with Crippen molar-refractivity contribution in [3.8, 4) is 0 Å². The summed E-state index contributed by atoms with van der Waals surface area (Å²) in [6.45, 7) is 0. The highest BCUT2D eigenvalue weighted by Gasteiger charge is 2.41. The number of aliphatic carboxylic acids is 2. The molecule has 0 amide bonds. The standard InChI is InChI=1S/C7H8O9.H2O/c8-3(9)1-7(15,5(11)12)2-4(10)16-6(13)14;/h15H,1-2H2,(H,8,9)(H,11,12)(H,13,14);1H2. The second-order valence-corrected chi connectivity index (χ2v) is 2.82. The van der Waals surface area contributed by atoms with E-state index in [0.29, 0.717) is 0 Å². The molecule has 1 atom stereocenters. The van der Waals surface area contributed by atoms with Crippen LogP contribution in [0.3, 0.4) is 0 Å². The highest BCUT2D eigenvalue weighted by molar-refractivity contribution is 5.90. The van der Waals surface area contributed by atoms with Crippen LogP contribution in [0.4, 0.5) is 4.79 Å². The third-order valence-corrected chi connectivity index (χ3v) is 1.48. The summed E-state index contributed by atoms with van der Waals surface area (Å²) in [5.41, 5.74) is -2.89. The molecular formula is C7H10O10. The number of aliphatic hydroxyl groups is 1. The summed E-state index contributed by atoms with van der Waals surface area (Å²) in [4.78, 5) is 41.4. The summed E-state index contributed by atoms with van der Waals surface area (Å²) in [7, 11) is 0. The van der Waals surface area contributed by atoms with Crippen LogP contribution in [0.1, 0.15) is 12.8 Å². The third kappa shape index (κ3) is 6.06. The van der Waals surface area contributed by atoms with E-state index in [-0.39, 0.29) is 5.48 Å². The van der Waals surface area contributed by atoms with Crippen molar-refractivity contribution in [2.45, 2.75) is 18.4 Å². The Bertz CT molecular complexity index is 334. The number of hydrogen-bond donors (Lipinski definition) is 4. The number of carboxylic acids is 2. The Labute approximate surface area is 93.3 Å². The van der Waals surface area contributed by atoms with Crippen LogP contribution < -0.4 is 0 Å². The number of ether oxygens (including phenoxy) is 1. The Balaban J connectivity index is 0. The molecule has 0 aliphatic heterocycles. The van der Waals surface area contributed by atoms with Gasteiger partial charge in [0.1, 0.15) is 0 Å². The highest BCUT2D eigenvalue weighted by Crippen LogP contribution is 2.16. The van der Waals surface area contributed by atoms with Gasteiger partial charge in [-0.3, -0.25) is 9.59 Å². The minimum Gasteiger partial charge on any atom is -0.481 e. The summed E-state index contributed by atoms with van der Waals surface area (Å²) in [6.07, 6.45) is -4.51. The Morgan fingerprint density at radius 3 is 1.76 bits per heavy atom. The summed E-state index contributed by atoms with van der Waals surface area (Å²) in [5.74, 6) is -5.18. The number of esters is 1. The lowest BCUT2D eigenvalue weighted by atomic mass is 9.96. The van der Waals surface area contributed by atoms with Gasteiger partial charge in [-0.05, 0) is 0 Å². The van der Waals surface area contributed by atoms with Crippen molar-refractivity contribution in [1.82, 2.24) is 0 Å². The zero-order chi connectivity index (χ0) is 12.9. The van der Waals surface area contributed by atoms with Crippen LogP contribution >= 0.6 is 0 Å². The average Bonchev–Trinajstić information content (AvgIpc) is 1.98. The van der Waals surface area contributed by atoms with Gasteiger partial charge in [-0.2, -0.15) is 0 Å². The van der Waals surface area contributed by atoms with E-state index in [9.17, 15) is 24.3 Å². The molecule has 6 N–H and O–H groups in total. The van der Waals surface area contributed by atoms with E-state index in [0.717, 1.165) is 0 Å². The monoisotopic (exact) mass is 254 g/mol. The lowest BCUT2D eigenvalue weighted by molar-refractivity contribution is -0.170. The molecule has 0 radical (unpaired) electrons. The van der Waals surface area contributed by atoms with E-state index in [1.54, 1.807) is 0 Å². The normalized spacial score (nSPS) is 12.8. The van der Waals surface area contributed by atoms with Crippen LogP contribution in [-0.2, 0) is 19.1 Å². The van der Waals surface area contributed by atoms with Crippen LogP contribution in [0.5, 0.6) is 0 Å². The van der Waals surface area contributed by atoms with Crippen LogP contribution in [0.15, 0.2) is 0 Å². The van der Waals surface area contributed by atoms with Crippen molar-refractivity contribution in [1.29, 1.82) is 0 Å². The SMILES string of the molecule is O.O=C(O)CC(O)(CC(=O)OC(=O)O)C(=O)O. The predicted molar refractivity (Wildman–Crippen MR) is 47.2 cm³/mol. The molecule has 17 heavy (non-hydrogen) atoms. The van der Waals surface area contributed by atoms with Gasteiger partial charge in [-0.25, -0.2) is 9.59 Å². The molecular weight excluding hydrogens is 244 g/mol. The number of carboxylic acid groups (broad SMARTS) is 3. The van der Waals surface area contributed by atoms with E-state index in [4.69, 9.17) is 15.3 Å². The number of hydrogen-bond acceptors (Lipinski definition) is 6. The lowest BCUT2D eigenvalue weighted by Gasteiger charge is -2.19. The van der Waals surface area contributed by atoms with Gasteiger partial charge < -0.3 is 30.6 Å². The summed E-state index contributed by atoms with van der Waals surface area (Å²) < 4.78 is 3.54. The van der Waals surface area contributed by atoms with Crippen molar-refractivity contribution in [2.24, 2.45) is 0 Å². The molecule has 0 rings (SSSR count). The van der Waals surface area contributed by atoms with Crippen molar-refractivity contribution in [3.63, 3.8) is 0 Å². The highest BCUT2D eigenvalue weighted by atomic mass is 16.7. The fourth-order valence-electron chi connectivity index (χ4n) is 0.836. The zero-order valence-electron chi connectivity index (χ0n) is 8.24. The molecule has 0 aromatic heterocycles. The summed E-state index contributed by atoms with van der Waals surface area (Å²) in [6, 6.07) is 0. The van der Waals surface area contributed by atoms with Crippen LogP contribution in [-0.4, -0.2) is 55.6 Å². The Morgan fingerprint density at radius 2 is 1.47 bits per heavy atom. The van der Waals surface area contributed by atoms with Gasteiger partial charge in [0.15, 0.2) is 5.60 Å². The van der Waals surface area contributed by atoms with Crippen LogP contribution in [0, 0.1) is 0 Å². The van der Waals surface area contributed by atoms with Gasteiger partial charge in [0, 0.05) is 0 Å². The molecule has 10 heteroatoms. The first kappa shape index (κ1) is 17.2. The van der Waals surface area contributed by atoms with E-state index in [1.165, 1.54) is 0 Å². The molecule has 0 aliphatic rings. The topological polar surface area (TPSA) is 190 Å². The van der Waals surface area contributed by atoms with Crippen LogP contribution in [0.25, 0.3) is 0 Å². The molecule has 1 unspecified atom stereocenters. The summed E-state index contributed by atoms with van der Waals surface area (Å²) >= 11 is 0. The van der Waals surface area contributed by atoms with Crippen molar-refractivity contribution in [3.05, 3.63) is 0 Å². The average molecular weight is 254 g/mol. The fraction of sp³-hybridized carbons (Fsp3) is 0.429.